The molecule has 1 aliphatic rings. The van der Waals surface area contributed by atoms with Crippen molar-refractivity contribution in [3.63, 3.8) is 0 Å². The lowest BCUT2D eigenvalue weighted by Gasteiger charge is -2.30. The summed E-state index contributed by atoms with van der Waals surface area (Å²) >= 11 is 0. The number of aliphatic imine (C=N–C) groups is 1. The standard InChI is InChI=1S/C15H32N4O3S2/c1-4-16-15(17-10-11-18-24(21,22)6-3)19-13-8-7-9-14(12-13)23(20)5-2/h13-14,18H,4-12H2,1-3H3,(H2,16,17,19). The zero-order chi connectivity index (χ0) is 18.0. The highest BCUT2D eigenvalue weighted by Crippen LogP contribution is 2.22. The van der Waals surface area contributed by atoms with Gasteiger partial charge in [-0.05, 0) is 33.1 Å². The van der Waals surface area contributed by atoms with Crippen LogP contribution in [0.25, 0.3) is 0 Å². The maximum absolute atomic E-state index is 12.0. The van der Waals surface area contributed by atoms with E-state index in [0.717, 1.165) is 32.2 Å². The zero-order valence-electron chi connectivity index (χ0n) is 15.0. The Morgan fingerprint density at radius 3 is 2.62 bits per heavy atom. The predicted octanol–water partition coefficient (Wildman–Crippen LogP) is 0.561. The molecule has 1 aliphatic carbocycles. The first kappa shape index (κ1) is 21.4. The Balaban J connectivity index is 2.52. The lowest BCUT2D eigenvalue weighted by Crippen LogP contribution is -2.47. The number of sulfonamides is 1. The first-order chi connectivity index (χ1) is 11.4. The number of nitrogens with one attached hydrogen (secondary N) is 3. The van der Waals surface area contributed by atoms with E-state index in [1.54, 1.807) is 6.92 Å². The molecule has 0 aromatic heterocycles. The van der Waals surface area contributed by atoms with Gasteiger partial charge >= 0.3 is 0 Å². The molecule has 3 N–H and O–H groups in total. The second kappa shape index (κ2) is 11.0. The van der Waals surface area contributed by atoms with Gasteiger partial charge in [0.05, 0.1) is 12.3 Å². The van der Waals surface area contributed by atoms with Crippen molar-refractivity contribution in [2.75, 3.05) is 31.1 Å². The highest BCUT2D eigenvalue weighted by molar-refractivity contribution is 7.89. The van der Waals surface area contributed by atoms with E-state index in [2.05, 4.69) is 20.3 Å². The van der Waals surface area contributed by atoms with Gasteiger partial charge in [0.2, 0.25) is 10.0 Å². The molecule has 3 atom stereocenters. The molecule has 3 unspecified atom stereocenters. The summed E-state index contributed by atoms with van der Waals surface area (Å²) in [7, 11) is -3.92. The highest BCUT2D eigenvalue weighted by atomic mass is 32.2. The van der Waals surface area contributed by atoms with Crippen molar-refractivity contribution in [3.8, 4) is 0 Å². The maximum atomic E-state index is 12.0. The second-order valence-electron chi connectivity index (χ2n) is 5.86. The van der Waals surface area contributed by atoms with Crippen molar-refractivity contribution in [3.05, 3.63) is 0 Å². The van der Waals surface area contributed by atoms with E-state index in [1.165, 1.54) is 0 Å². The quantitative estimate of drug-likeness (QED) is 0.308. The number of hydrogen-bond donors (Lipinski definition) is 3. The molecule has 0 amide bonds. The fourth-order valence-electron chi connectivity index (χ4n) is 2.73. The van der Waals surface area contributed by atoms with Crippen LogP contribution in [0.5, 0.6) is 0 Å². The lowest BCUT2D eigenvalue weighted by molar-refractivity contribution is 0.413. The number of hydrogen-bond acceptors (Lipinski definition) is 4. The Labute approximate surface area is 149 Å². The van der Waals surface area contributed by atoms with Crippen LogP contribution in [0, 0.1) is 0 Å². The minimum atomic E-state index is -3.17. The molecule has 142 valence electrons. The van der Waals surface area contributed by atoms with E-state index in [0.29, 0.717) is 24.8 Å². The molecule has 1 rings (SSSR count). The zero-order valence-corrected chi connectivity index (χ0v) is 16.6. The molecule has 0 saturated heterocycles. The highest BCUT2D eigenvalue weighted by Gasteiger charge is 2.25. The summed E-state index contributed by atoms with van der Waals surface area (Å²) < 4.78 is 37.3. The SMILES string of the molecule is CCNC(=NCCNS(=O)(=O)CC)NC1CCCC(S(=O)CC)C1. The van der Waals surface area contributed by atoms with Gasteiger partial charge in [-0.25, -0.2) is 13.1 Å². The number of rotatable bonds is 9. The van der Waals surface area contributed by atoms with E-state index in [9.17, 15) is 12.6 Å². The average molecular weight is 381 g/mol. The Hall–Kier alpha value is -0.670. The van der Waals surface area contributed by atoms with Gasteiger partial charge in [0, 0.05) is 40.9 Å². The van der Waals surface area contributed by atoms with Crippen molar-refractivity contribution in [1.82, 2.24) is 15.4 Å². The maximum Gasteiger partial charge on any atom is 0.211 e. The van der Waals surface area contributed by atoms with Crippen LogP contribution in [0.15, 0.2) is 4.99 Å². The molecular weight excluding hydrogens is 348 g/mol. The number of nitrogens with zero attached hydrogens (tertiary/aromatic N) is 1. The minimum Gasteiger partial charge on any atom is -0.357 e. The summed E-state index contributed by atoms with van der Waals surface area (Å²) in [6.45, 7) is 6.98. The van der Waals surface area contributed by atoms with Gasteiger partial charge < -0.3 is 10.6 Å². The van der Waals surface area contributed by atoms with Crippen molar-refractivity contribution in [2.45, 2.75) is 57.7 Å². The van der Waals surface area contributed by atoms with Crippen LogP contribution in [0.2, 0.25) is 0 Å². The van der Waals surface area contributed by atoms with Crippen LogP contribution in [0.3, 0.4) is 0 Å². The predicted molar refractivity (Wildman–Crippen MR) is 101 cm³/mol. The minimum absolute atomic E-state index is 0.0765. The van der Waals surface area contributed by atoms with E-state index >= 15 is 0 Å². The van der Waals surface area contributed by atoms with Gasteiger partial charge in [-0.2, -0.15) is 0 Å². The molecule has 0 aromatic rings. The van der Waals surface area contributed by atoms with Crippen LogP contribution >= 0.6 is 0 Å². The van der Waals surface area contributed by atoms with Gasteiger partial charge in [-0.15, -0.1) is 0 Å². The summed E-state index contributed by atoms with van der Waals surface area (Å²) in [6, 6.07) is 0.268. The summed E-state index contributed by atoms with van der Waals surface area (Å²) in [6.07, 6.45) is 4.05. The van der Waals surface area contributed by atoms with Crippen LogP contribution in [-0.4, -0.2) is 61.0 Å². The average Bonchev–Trinajstić information content (AvgIpc) is 2.58. The van der Waals surface area contributed by atoms with Crippen molar-refractivity contribution < 1.29 is 12.6 Å². The first-order valence-electron chi connectivity index (χ1n) is 8.81. The smallest absolute Gasteiger partial charge is 0.211 e. The summed E-state index contributed by atoms with van der Waals surface area (Å²) in [4.78, 5) is 4.43. The largest absolute Gasteiger partial charge is 0.357 e. The fraction of sp³-hybridized carbons (Fsp3) is 0.933. The van der Waals surface area contributed by atoms with Gasteiger partial charge in [0.15, 0.2) is 5.96 Å². The Bertz CT molecular complexity index is 523. The summed E-state index contributed by atoms with van der Waals surface area (Å²) in [5.74, 6) is 1.48. The Morgan fingerprint density at radius 2 is 2.00 bits per heavy atom. The lowest BCUT2D eigenvalue weighted by atomic mass is 9.95. The third-order valence-corrected chi connectivity index (χ3v) is 7.20. The fourth-order valence-corrected chi connectivity index (χ4v) is 4.69. The molecule has 0 bridgehead atoms. The molecule has 1 fully saturated rings. The monoisotopic (exact) mass is 380 g/mol. The molecule has 0 heterocycles. The third-order valence-electron chi connectivity index (χ3n) is 4.05. The molecule has 7 nitrogen and oxygen atoms in total. The van der Waals surface area contributed by atoms with Crippen LogP contribution in [0.1, 0.15) is 46.5 Å². The normalized spacial score (nSPS) is 23.7. The molecule has 24 heavy (non-hydrogen) atoms. The summed E-state index contributed by atoms with van der Waals surface area (Å²) in [5, 5.41) is 6.85. The summed E-state index contributed by atoms with van der Waals surface area (Å²) in [5.41, 5.74) is 0. The van der Waals surface area contributed by atoms with E-state index in [-0.39, 0.29) is 17.0 Å². The molecule has 0 aliphatic heterocycles. The van der Waals surface area contributed by atoms with E-state index in [4.69, 9.17) is 0 Å². The van der Waals surface area contributed by atoms with Gasteiger partial charge in [-0.3, -0.25) is 9.20 Å². The molecule has 0 radical (unpaired) electrons. The van der Waals surface area contributed by atoms with Crippen molar-refractivity contribution in [2.24, 2.45) is 4.99 Å². The van der Waals surface area contributed by atoms with Crippen LogP contribution < -0.4 is 15.4 Å². The second-order valence-corrected chi connectivity index (χ2v) is 9.96. The van der Waals surface area contributed by atoms with Crippen LogP contribution in [-0.2, 0) is 20.8 Å². The molecule has 1 saturated carbocycles. The first-order valence-corrected chi connectivity index (χ1v) is 11.8. The molecule has 0 spiro atoms. The van der Waals surface area contributed by atoms with Gasteiger partial charge in [-0.1, -0.05) is 13.3 Å². The van der Waals surface area contributed by atoms with Crippen molar-refractivity contribution >= 4 is 26.8 Å². The van der Waals surface area contributed by atoms with Crippen molar-refractivity contribution in [1.29, 1.82) is 0 Å². The number of guanidine groups is 1. The molecule has 0 aromatic carbocycles. The molecule has 9 heteroatoms. The Morgan fingerprint density at radius 1 is 1.25 bits per heavy atom. The molecular formula is C15H32N4O3S2. The van der Waals surface area contributed by atoms with Crippen LogP contribution in [0.4, 0.5) is 0 Å². The van der Waals surface area contributed by atoms with E-state index in [1.807, 2.05) is 13.8 Å². The van der Waals surface area contributed by atoms with E-state index < -0.39 is 20.8 Å². The Kier molecular flexibility index (Phi) is 9.84. The third kappa shape index (κ3) is 7.94. The topological polar surface area (TPSA) is 99.7 Å². The van der Waals surface area contributed by atoms with Gasteiger partial charge in [0.25, 0.3) is 0 Å². The van der Waals surface area contributed by atoms with Gasteiger partial charge in [0.1, 0.15) is 0 Å².